The van der Waals surface area contributed by atoms with Crippen molar-refractivity contribution in [1.82, 2.24) is 10.2 Å². The normalized spacial score (nSPS) is 20.5. The van der Waals surface area contributed by atoms with Gasteiger partial charge in [0, 0.05) is 44.4 Å². The van der Waals surface area contributed by atoms with E-state index in [1.54, 1.807) is 24.1 Å². The zero-order valence-electron chi connectivity index (χ0n) is 15.3. The first kappa shape index (κ1) is 20.5. The number of hydrogen-bond acceptors (Lipinski definition) is 5. The molecule has 0 aromatic heterocycles. The van der Waals surface area contributed by atoms with Gasteiger partial charge in [-0.15, -0.1) is 12.4 Å². The maximum Gasteiger partial charge on any atom is 0.293 e. The fourth-order valence-corrected chi connectivity index (χ4v) is 3.66. The minimum absolute atomic E-state index is 0. The molecular weight excluding hydrogens is 356 g/mol. The Bertz CT molecular complexity index is 656. The van der Waals surface area contributed by atoms with Crippen LogP contribution in [0.1, 0.15) is 36.5 Å². The molecule has 1 atom stereocenters. The third kappa shape index (κ3) is 4.27. The van der Waals surface area contributed by atoms with Gasteiger partial charge in [0.15, 0.2) is 0 Å². The fourth-order valence-electron chi connectivity index (χ4n) is 3.66. The molecule has 0 spiro atoms. The summed E-state index contributed by atoms with van der Waals surface area (Å²) in [6.07, 6.45) is 2.99. The zero-order chi connectivity index (χ0) is 18.0. The van der Waals surface area contributed by atoms with Crippen LogP contribution in [0.15, 0.2) is 18.2 Å². The molecular formula is C18H27ClN4O3. The van der Waals surface area contributed by atoms with Crippen LogP contribution in [0, 0.1) is 16.0 Å². The molecule has 26 heavy (non-hydrogen) atoms. The maximum absolute atomic E-state index is 12.7. The van der Waals surface area contributed by atoms with Gasteiger partial charge in [0.1, 0.15) is 5.69 Å². The molecule has 1 aromatic rings. The lowest BCUT2D eigenvalue weighted by molar-refractivity contribution is -0.384. The number of nitrogens with zero attached hydrogens (tertiary/aromatic N) is 3. The molecule has 7 nitrogen and oxygen atoms in total. The van der Waals surface area contributed by atoms with Gasteiger partial charge < -0.3 is 15.1 Å². The van der Waals surface area contributed by atoms with E-state index in [4.69, 9.17) is 0 Å². The molecule has 2 aliphatic heterocycles. The Morgan fingerprint density at radius 1 is 1.31 bits per heavy atom. The van der Waals surface area contributed by atoms with Crippen LogP contribution in [0.5, 0.6) is 0 Å². The first-order valence-corrected chi connectivity index (χ1v) is 8.98. The molecule has 2 fully saturated rings. The van der Waals surface area contributed by atoms with E-state index in [-0.39, 0.29) is 35.0 Å². The van der Waals surface area contributed by atoms with Gasteiger partial charge in [0.25, 0.3) is 11.6 Å². The summed E-state index contributed by atoms with van der Waals surface area (Å²) < 4.78 is 0. The van der Waals surface area contributed by atoms with E-state index in [1.807, 2.05) is 0 Å². The van der Waals surface area contributed by atoms with Crippen LogP contribution < -0.4 is 10.2 Å². The number of nitrogens with one attached hydrogen (secondary N) is 1. The Hall–Kier alpha value is -1.86. The average molecular weight is 383 g/mol. The van der Waals surface area contributed by atoms with Crippen LogP contribution in [0.3, 0.4) is 0 Å². The van der Waals surface area contributed by atoms with Crippen molar-refractivity contribution < 1.29 is 9.72 Å². The van der Waals surface area contributed by atoms with Gasteiger partial charge in [0.05, 0.1) is 4.92 Å². The van der Waals surface area contributed by atoms with Crippen molar-refractivity contribution in [3.63, 3.8) is 0 Å². The molecule has 1 aromatic carbocycles. The number of rotatable bonds is 4. The summed E-state index contributed by atoms with van der Waals surface area (Å²) in [5.74, 6) is 0.500. The molecule has 1 amide bonds. The number of halogens is 1. The third-order valence-electron chi connectivity index (χ3n) is 5.45. The van der Waals surface area contributed by atoms with Gasteiger partial charge >= 0.3 is 0 Å². The highest BCUT2D eigenvalue weighted by Crippen LogP contribution is 2.32. The second kappa shape index (κ2) is 8.68. The highest BCUT2D eigenvalue weighted by atomic mass is 35.5. The standard InChI is InChI=1S/C18H26N4O3.ClH/c1-13-6-9-21(10-7-13)16-4-3-14(11-17(16)22(24)25)18(23)20(2)15-5-8-19-12-15;/h3-4,11,13,15,19H,5-10,12H2,1-2H3;1H. The smallest absolute Gasteiger partial charge is 0.293 e. The van der Waals surface area contributed by atoms with E-state index in [2.05, 4.69) is 17.1 Å². The SMILES string of the molecule is CC1CCN(c2ccc(C(=O)N(C)C3CCNC3)cc2[N+](=O)[O-])CC1.Cl. The van der Waals surface area contributed by atoms with Crippen LogP contribution >= 0.6 is 12.4 Å². The lowest BCUT2D eigenvalue weighted by atomic mass is 9.98. The predicted molar refractivity (Wildman–Crippen MR) is 104 cm³/mol. The van der Waals surface area contributed by atoms with E-state index in [1.165, 1.54) is 6.07 Å². The lowest BCUT2D eigenvalue weighted by Gasteiger charge is -2.32. The van der Waals surface area contributed by atoms with Crippen LogP contribution in [0.25, 0.3) is 0 Å². The molecule has 3 rings (SSSR count). The summed E-state index contributed by atoms with van der Waals surface area (Å²) >= 11 is 0. The van der Waals surface area contributed by atoms with Crippen LogP contribution in [0.4, 0.5) is 11.4 Å². The average Bonchev–Trinajstić information content (AvgIpc) is 3.15. The number of carbonyl (C=O) groups is 1. The van der Waals surface area contributed by atoms with Crippen LogP contribution in [-0.4, -0.2) is 55.0 Å². The maximum atomic E-state index is 12.7. The minimum Gasteiger partial charge on any atom is -0.366 e. The third-order valence-corrected chi connectivity index (χ3v) is 5.45. The van der Waals surface area contributed by atoms with Gasteiger partial charge in [-0.05, 0) is 43.9 Å². The summed E-state index contributed by atoms with van der Waals surface area (Å²) in [6, 6.07) is 5.05. The summed E-state index contributed by atoms with van der Waals surface area (Å²) in [5.41, 5.74) is 1.03. The monoisotopic (exact) mass is 382 g/mol. The molecule has 144 valence electrons. The largest absolute Gasteiger partial charge is 0.366 e. The van der Waals surface area contributed by atoms with Crippen molar-refractivity contribution >= 4 is 29.7 Å². The van der Waals surface area contributed by atoms with Gasteiger partial charge in [-0.25, -0.2) is 0 Å². The Morgan fingerprint density at radius 2 is 2.00 bits per heavy atom. The number of carbonyl (C=O) groups excluding carboxylic acids is 1. The first-order chi connectivity index (χ1) is 12.0. The van der Waals surface area contributed by atoms with Gasteiger partial charge in [-0.2, -0.15) is 0 Å². The molecule has 1 N–H and O–H groups in total. The highest BCUT2D eigenvalue weighted by molar-refractivity contribution is 5.96. The van der Waals surface area contributed by atoms with Crippen molar-refractivity contribution in [3.05, 3.63) is 33.9 Å². The van der Waals surface area contributed by atoms with Crippen molar-refractivity contribution in [3.8, 4) is 0 Å². The Balaban J connectivity index is 0.00000243. The lowest BCUT2D eigenvalue weighted by Crippen LogP contribution is -2.38. The number of hydrogen-bond donors (Lipinski definition) is 1. The minimum atomic E-state index is -0.374. The molecule has 2 saturated heterocycles. The molecule has 2 heterocycles. The highest BCUT2D eigenvalue weighted by Gasteiger charge is 2.28. The predicted octanol–water partition coefficient (Wildman–Crippen LogP) is 2.69. The second-order valence-corrected chi connectivity index (χ2v) is 7.19. The van der Waals surface area contributed by atoms with Gasteiger partial charge in [0.2, 0.25) is 0 Å². The number of likely N-dealkylation sites (N-methyl/N-ethyl adjacent to an activating group) is 1. The number of amides is 1. The second-order valence-electron chi connectivity index (χ2n) is 7.19. The van der Waals surface area contributed by atoms with Crippen molar-refractivity contribution in [2.75, 3.05) is 38.1 Å². The summed E-state index contributed by atoms with van der Waals surface area (Å²) in [5, 5.41) is 14.8. The van der Waals surface area contributed by atoms with E-state index < -0.39 is 0 Å². The molecule has 0 aliphatic carbocycles. The van der Waals surface area contributed by atoms with Crippen LogP contribution in [0.2, 0.25) is 0 Å². The topological polar surface area (TPSA) is 78.7 Å². The molecule has 1 unspecified atom stereocenters. The number of benzene rings is 1. The molecule has 8 heteroatoms. The Morgan fingerprint density at radius 3 is 2.58 bits per heavy atom. The van der Waals surface area contributed by atoms with Gasteiger partial charge in [-0.3, -0.25) is 14.9 Å². The molecule has 2 aliphatic rings. The van der Waals surface area contributed by atoms with Crippen molar-refractivity contribution in [2.24, 2.45) is 5.92 Å². The quantitative estimate of drug-likeness (QED) is 0.639. The van der Waals surface area contributed by atoms with E-state index in [0.717, 1.165) is 45.4 Å². The van der Waals surface area contributed by atoms with Crippen molar-refractivity contribution in [1.29, 1.82) is 0 Å². The Kier molecular flexibility index (Phi) is 6.83. The molecule has 0 radical (unpaired) electrons. The number of nitro groups is 1. The van der Waals surface area contributed by atoms with E-state index in [0.29, 0.717) is 17.2 Å². The number of anilines is 1. The van der Waals surface area contributed by atoms with Crippen LogP contribution in [-0.2, 0) is 0 Å². The summed E-state index contributed by atoms with van der Waals surface area (Å²) in [4.78, 5) is 27.7. The Labute approximate surface area is 160 Å². The fraction of sp³-hybridized carbons (Fsp3) is 0.611. The summed E-state index contributed by atoms with van der Waals surface area (Å²) in [6.45, 7) is 5.52. The van der Waals surface area contributed by atoms with E-state index >= 15 is 0 Å². The zero-order valence-corrected chi connectivity index (χ0v) is 16.1. The van der Waals surface area contributed by atoms with Crippen molar-refractivity contribution in [2.45, 2.75) is 32.2 Å². The van der Waals surface area contributed by atoms with E-state index in [9.17, 15) is 14.9 Å². The molecule has 0 saturated carbocycles. The molecule has 0 bridgehead atoms. The summed E-state index contributed by atoms with van der Waals surface area (Å²) in [7, 11) is 1.77. The number of piperidine rings is 1. The first-order valence-electron chi connectivity index (χ1n) is 8.98. The number of nitro benzene ring substituents is 1. The van der Waals surface area contributed by atoms with Gasteiger partial charge in [-0.1, -0.05) is 6.92 Å².